The third-order valence-electron chi connectivity index (χ3n) is 2.58. The first-order valence-corrected chi connectivity index (χ1v) is 5.02. The van der Waals surface area contributed by atoms with Crippen molar-refractivity contribution in [2.45, 2.75) is 52.0 Å². The van der Waals surface area contributed by atoms with Gasteiger partial charge in [0, 0.05) is 6.04 Å². The second kappa shape index (κ2) is 4.76. The Morgan fingerprint density at radius 2 is 1.91 bits per heavy atom. The fourth-order valence-corrected chi connectivity index (χ4v) is 1.88. The van der Waals surface area contributed by atoms with Crippen LogP contribution in [-0.2, 0) is 0 Å². The van der Waals surface area contributed by atoms with E-state index in [0.717, 1.165) is 5.92 Å². The van der Waals surface area contributed by atoms with Crippen LogP contribution in [-0.4, -0.2) is 12.6 Å². The van der Waals surface area contributed by atoms with Crippen molar-refractivity contribution in [3.8, 4) is 0 Å². The summed E-state index contributed by atoms with van der Waals surface area (Å²) in [6, 6.07) is 0.663. The molecule has 0 aromatic heterocycles. The molecule has 1 saturated carbocycles. The van der Waals surface area contributed by atoms with Crippen molar-refractivity contribution in [3.63, 3.8) is 0 Å². The van der Waals surface area contributed by atoms with Crippen molar-refractivity contribution in [2.24, 2.45) is 5.92 Å². The van der Waals surface area contributed by atoms with Crippen LogP contribution < -0.4 is 5.32 Å². The average molecular weight is 155 g/mol. The summed E-state index contributed by atoms with van der Waals surface area (Å²) in [6.07, 6.45) is 7.33. The van der Waals surface area contributed by atoms with E-state index in [-0.39, 0.29) is 0 Å². The summed E-state index contributed by atoms with van der Waals surface area (Å²) >= 11 is 0. The molecule has 1 rings (SSSR count). The van der Waals surface area contributed by atoms with Gasteiger partial charge in [-0.1, -0.05) is 39.5 Å². The van der Waals surface area contributed by atoms with Crippen molar-refractivity contribution in [2.75, 3.05) is 6.54 Å². The number of hydrogen-bond acceptors (Lipinski definition) is 1. The minimum absolute atomic E-state index is 0.663. The lowest BCUT2D eigenvalue weighted by atomic mass is 10.0. The van der Waals surface area contributed by atoms with E-state index in [1.54, 1.807) is 0 Å². The van der Waals surface area contributed by atoms with Crippen LogP contribution in [0.1, 0.15) is 46.0 Å². The summed E-state index contributed by atoms with van der Waals surface area (Å²) in [5.41, 5.74) is 0. The zero-order valence-electron chi connectivity index (χ0n) is 7.90. The Balaban J connectivity index is 1.94. The van der Waals surface area contributed by atoms with Crippen LogP contribution >= 0.6 is 0 Å². The molecule has 0 unspecified atom stereocenters. The van der Waals surface area contributed by atoms with Gasteiger partial charge in [-0.3, -0.25) is 0 Å². The van der Waals surface area contributed by atoms with Gasteiger partial charge >= 0.3 is 0 Å². The van der Waals surface area contributed by atoms with Crippen molar-refractivity contribution >= 4 is 0 Å². The molecule has 0 atom stereocenters. The monoisotopic (exact) mass is 155 g/mol. The lowest BCUT2D eigenvalue weighted by Crippen LogP contribution is -2.24. The second-order valence-electron chi connectivity index (χ2n) is 4.05. The Bertz CT molecular complexity index is 93.0. The predicted octanol–water partition coefficient (Wildman–Crippen LogP) is 2.56. The SMILES string of the molecule is CC(C)NCCC1CCCC1. The average Bonchev–Trinajstić information content (AvgIpc) is 2.39. The van der Waals surface area contributed by atoms with Crippen LogP contribution in [0.15, 0.2) is 0 Å². The zero-order chi connectivity index (χ0) is 8.10. The number of rotatable bonds is 4. The summed E-state index contributed by atoms with van der Waals surface area (Å²) in [5, 5.41) is 3.47. The summed E-state index contributed by atoms with van der Waals surface area (Å²) < 4.78 is 0. The molecular weight excluding hydrogens is 134 g/mol. The normalized spacial score (nSPS) is 19.9. The van der Waals surface area contributed by atoms with E-state index >= 15 is 0 Å². The van der Waals surface area contributed by atoms with Gasteiger partial charge in [-0.25, -0.2) is 0 Å². The Morgan fingerprint density at radius 3 is 2.45 bits per heavy atom. The van der Waals surface area contributed by atoms with Crippen LogP contribution in [0.3, 0.4) is 0 Å². The van der Waals surface area contributed by atoms with Crippen LogP contribution in [0.25, 0.3) is 0 Å². The second-order valence-corrected chi connectivity index (χ2v) is 4.05. The minimum Gasteiger partial charge on any atom is -0.315 e. The molecule has 66 valence electrons. The molecule has 1 heteroatoms. The summed E-state index contributed by atoms with van der Waals surface area (Å²) in [4.78, 5) is 0. The van der Waals surface area contributed by atoms with Crippen LogP contribution in [0, 0.1) is 5.92 Å². The molecule has 11 heavy (non-hydrogen) atoms. The summed E-state index contributed by atoms with van der Waals surface area (Å²) in [7, 11) is 0. The van der Waals surface area contributed by atoms with E-state index < -0.39 is 0 Å². The van der Waals surface area contributed by atoms with Gasteiger partial charge in [0.2, 0.25) is 0 Å². The largest absolute Gasteiger partial charge is 0.315 e. The maximum absolute atomic E-state index is 3.47. The van der Waals surface area contributed by atoms with Crippen LogP contribution in [0.4, 0.5) is 0 Å². The molecule has 0 bridgehead atoms. The quantitative estimate of drug-likeness (QED) is 0.658. The number of hydrogen-bond donors (Lipinski definition) is 1. The lowest BCUT2D eigenvalue weighted by molar-refractivity contribution is 0.459. The van der Waals surface area contributed by atoms with E-state index in [0.29, 0.717) is 6.04 Å². The third kappa shape index (κ3) is 3.76. The molecular formula is C10H21N. The first-order chi connectivity index (χ1) is 5.29. The molecule has 1 nitrogen and oxygen atoms in total. The Hall–Kier alpha value is -0.0400. The highest BCUT2D eigenvalue weighted by molar-refractivity contribution is 4.68. The van der Waals surface area contributed by atoms with Gasteiger partial charge in [0.1, 0.15) is 0 Å². The predicted molar refractivity (Wildman–Crippen MR) is 49.7 cm³/mol. The van der Waals surface area contributed by atoms with E-state index in [1.165, 1.54) is 38.6 Å². The van der Waals surface area contributed by atoms with Crippen molar-refractivity contribution < 1.29 is 0 Å². The molecule has 0 spiro atoms. The molecule has 1 fully saturated rings. The molecule has 0 radical (unpaired) electrons. The van der Waals surface area contributed by atoms with E-state index in [4.69, 9.17) is 0 Å². The van der Waals surface area contributed by atoms with Gasteiger partial charge in [-0.2, -0.15) is 0 Å². The first kappa shape index (κ1) is 9.05. The molecule has 1 N–H and O–H groups in total. The minimum atomic E-state index is 0.663. The van der Waals surface area contributed by atoms with Gasteiger partial charge in [-0.05, 0) is 18.9 Å². The van der Waals surface area contributed by atoms with E-state index in [9.17, 15) is 0 Å². The summed E-state index contributed by atoms with van der Waals surface area (Å²) in [6.45, 7) is 5.66. The maximum Gasteiger partial charge on any atom is 0.00103 e. The fourth-order valence-electron chi connectivity index (χ4n) is 1.88. The molecule has 0 aromatic rings. The Kier molecular flexibility index (Phi) is 3.92. The zero-order valence-corrected chi connectivity index (χ0v) is 7.90. The van der Waals surface area contributed by atoms with Gasteiger partial charge < -0.3 is 5.32 Å². The highest BCUT2D eigenvalue weighted by Crippen LogP contribution is 2.26. The Labute approximate surface area is 70.6 Å². The smallest absolute Gasteiger partial charge is 0.00103 e. The van der Waals surface area contributed by atoms with Crippen molar-refractivity contribution in [1.29, 1.82) is 0 Å². The molecule has 0 saturated heterocycles. The van der Waals surface area contributed by atoms with Crippen molar-refractivity contribution in [3.05, 3.63) is 0 Å². The lowest BCUT2D eigenvalue weighted by Gasteiger charge is -2.11. The maximum atomic E-state index is 3.47. The van der Waals surface area contributed by atoms with Gasteiger partial charge in [0.25, 0.3) is 0 Å². The standard InChI is InChI=1S/C10H21N/c1-9(2)11-8-7-10-5-3-4-6-10/h9-11H,3-8H2,1-2H3. The van der Waals surface area contributed by atoms with Gasteiger partial charge in [-0.15, -0.1) is 0 Å². The fraction of sp³-hybridized carbons (Fsp3) is 1.00. The van der Waals surface area contributed by atoms with Crippen molar-refractivity contribution in [1.82, 2.24) is 5.32 Å². The van der Waals surface area contributed by atoms with Crippen LogP contribution in [0.2, 0.25) is 0 Å². The van der Waals surface area contributed by atoms with E-state index in [2.05, 4.69) is 19.2 Å². The molecule has 0 aliphatic heterocycles. The molecule has 1 aliphatic rings. The topological polar surface area (TPSA) is 12.0 Å². The van der Waals surface area contributed by atoms with Gasteiger partial charge in [0.05, 0.1) is 0 Å². The highest BCUT2D eigenvalue weighted by Gasteiger charge is 2.13. The Morgan fingerprint density at radius 1 is 1.27 bits per heavy atom. The molecule has 0 aromatic carbocycles. The molecule has 0 heterocycles. The first-order valence-electron chi connectivity index (χ1n) is 5.02. The van der Waals surface area contributed by atoms with Gasteiger partial charge in [0.15, 0.2) is 0 Å². The van der Waals surface area contributed by atoms with Crippen LogP contribution in [0.5, 0.6) is 0 Å². The molecule has 1 aliphatic carbocycles. The molecule has 0 amide bonds. The highest BCUT2D eigenvalue weighted by atomic mass is 14.9. The van der Waals surface area contributed by atoms with E-state index in [1.807, 2.05) is 0 Å². The third-order valence-corrected chi connectivity index (χ3v) is 2.58. The number of nitrogens with one attached hydrogen (secondary N) is 1. The summed E-state index contributed by atoms with van der Waals surface area (Å²) in [5.74, 6) is 1.04.